The Morgan fingerprint density at radius 1 is 1.20 bits per heavy atom. The molecule has 20 heavy (non-hydrogen) atoms. The van der Waals surface area contributed by atoms with Gasteiger partial charge in [-0.05, 0) is 25.2 Å². The standard InChI is InChI=1S/C12H20N2O5S/c15-11(16)9-2-1-3-10(9)14-12(17)13-6-8-4-5-20(18,19)7-8/h8-10H,1-7H2,(H,15,16)(H2,13,14,17). The molecule has 3 unspecified atom stereocenters. The van der Waals surface area contributed by atoms with Gasteiger partial charge in [0, 0.05) is 12.6 Å². The zero-order chi connectivity index (χ0) is 14.8. The maximum absolute atomic E-state index is 11.7. The molecule has 0 aromatic heterocycles. The Morgan fingerprint density at radius 2 is 1.95 bits per heavy atom. The van der Waals surface area contributed by atoms with Crippen molar-refractivity contribution < 1.29 is 23.1 Å². The Hall–Kier alpha value is -1.31. The highest BCUT2D eigenvalue weighted by Gasteiger charge is 2.34. The summed E-state index contributed by atoms with van der Waals surface area (Å²) in [4.78, 5) is 22.7. The molecule has 2 fully saturated rings. The fourth-order valence-electron chi connectivity index (χ4n) is 2.92. The molecular weight excluding hydrogens is 284 g/mol. The fraction of sp³-hybridized carbons (Fsp3) is 0.833. The highest BCUT2D eigenvalue weighted by atomic mass is 32.2. The molecule has 3 atom stereocenters. The summed E-state index contributed by atoms with van der Waals surface area (Å²) >= 11 is 0. The highest BCUT2D eigenvalue weighted by Crippen LogP contribution is 2.25. The number of sulfone groups is 1. The minimum absolute atomic E-state index is 0.0374. The lowest BCUT2D eigenvalue weighted by molar-refractivity contribution is -0.142. The molecule has 0 aromatic carbocycles. The van der Waals surface area contributed by atoms with Crippen molar-refractivity contribution in [3.8, 4) is 0 Å². The molecular formula is C12H20N2O5S. The minimum Gasteiger partial charge on any atom is -0.481 e. The second-order valence-electron chi connectivity index (χ2n) is 5.61. The number of carboxylic acid groups (broad SMARTS) is 1. The maximum atomic E-state index is 11.7. The van der Waals surface area contributed by atoms with Crippen molar-refractivity contribution in [3.63, 3.8) is 0 Å². The van der Waals surface area contributed by atoms with Gasteiger partial charge in [-0.2, -0.15) is 0 Å². The molecule has 1 aliphatic heterocycles. The average molecular weight is 304 g/mol. The number of carboxylic acids is 1. The van der Waals surface area contributed by atoms with E-state index in [2.05, 4.69) is 10.6 Å². The van der Waals surface area contributed by atoms with Crippen LogP contribution in [-0.4, -0.2) is 49.6 Å². The average Bonchev–Trinajstić information content (AvgIpc) is 2.93. The summed E-state index contributed by atoms with van der Waals surface area (Å²) in [6, 6.07) is -0.743. The number of amides is 2. The van der Waals surface area contributed by atoms with Crippen molar-refractivity contribution in [1.82, 2.24) is 10.6 Å². The van der Waals surface area contributed by atoms with E-state index >= 15 is 0 Å². The van der Waals surface area contributed by atoms with E-state index in [0.29, 0.717) is 25.8 Å². The van der Waals surface area contributed by atoms with E-state index in [1.807, 2.05) is 0 Å². The number of hydrogen-bond donors (Lipinski definition) is 3. The van der Waals surface area contributed by atoms with Crippen LogP contribution >= 0.6 is 0 Å². The Kier molecular flexibility index (Phi) is 4.52. The smallest absolute Gasteiger partial charge is 0.315 e. The van der Waals surface area contributed by atoms with E-state index in [1.165, 1.54) is 0 Å². The molecule has 1 saturated heterocycles. The maximum Gasteiger partial charge on any atom is 0.315 e. The Labute approximate surface area is 118 Å². The number of aliphatic carboxylic acids is 1. The third-order valence-corrected chi connectivity index (χ3v) is 5.86. The van der Waals surface area contributed by atoms with Gasteiger partial charge in [-0.1, -0.05) is 6.42 Å². The quantitative estimate of drug-likeness (QED) is 0.675. The highest BCUT2D eigenvalue weighted by molar-refractivity contribution is 7.91. The minimum atomic E-state index is -2.94. The lowest BCUT2D eigenvalue weighted by Crippen LogP contribution is -2.46. The van der Waals surface area contributed by atoms with E-state index < -0.39 is 27.8 Å². The molecule has 2 aliphatic rings. The third kappa shape index (κ3) is 3.84. The molecule has 0 radical (unpaired) electrons. The van der Waals surface area contributed by atoms with Gasteiger partial charge in [-0.15, -0.1) is 0 Å². The molecule has 114 valence electrons. The summed E-state index contributed by atoms with van der Waals surface area (Å²) in [7, 11) is -2.94. The van der Waals surface area contributed by atoms with Crippen LogP contribution in [0.25, 0.3) is 0 Å². The second-order valence-corrected chi connectivity index (χ2v) is 7.83. The number of carbonyl (C=O) groups is 2. The van der Waals surface area contributed by atoms with Crippen LogP contribution in [0.4, 0.5) is 4.79 Å². The van der Waals surface area contributed by atoms with Crippen molar-refractivity contribution in [1.29, 1.82) is 0 Å². The first-order chi connectivity index (χ1) is 9.37. The molecule has 2 amide bonds. The van der Waals surface area contributed by atoms with Crippen LogP contribution in [0.1, 0.15) is 25.7 Å². The molecule has 1 saturated carbocycles. The van der Waals surface area contributed by atoms with Gasteiger partial charge in [-0.3, -0.25) is 4.79 Å². The van der Waals surface area contributed by atoms with Crippen LogP contribution < -0.4 is 10.6 Å². The first-order valence-corrected chi connectivity index (χ1v) is 8.67. The molecule has 3 N–H and O–H groups in total. The summed E-state index contributed by atoms with van der Waals surface area (Å²) in [6.07, 6.45) is 2.62. The van der Waals surface area contributed by atoms with Crippen LogP contribution in [0, 0.1) is 11.8 Å². The molecule has 1 heterocycles. The lowest BCUT2D eigenvalue weighted by Gasteiger charge is -2.18. The monoisotopic (exact) mass is 304 g/mol. The van der Waals surface area contributed by atoms with E-state index in [-0.39, 0.29) is 23.5 Å². The predicted octanol–water partition coefficient (Wildman–Crippen LogP) is -0.0264. The molecule has 7 nitrogen and oxygen atoms in total. The number of rotatable bonds is 4. The number of carbonyl (C=O) groups excluding carboxylic acids is 1. The summed E-state index contributed by atoms with van der Waals surface area (Å²) < 4.78 is 22.6. The van der Waals surface area contributed by atoms with E-state index in [1.54, 1.807) is 0 Å². The van der Waals surface area contributed by atoms with Crippen molar-refractivity contribution in [2.75, 3.05) is 18.1 Å². The first kappa shape index (κ1) is 15.1. The number of nitrogens with one attached hydrogen (secondary N) is 2. The van der Waals surface area contributed by atoms with Gasteiger partial charge in [0.2, 0.25) is 0 Å². The summed E-state index contributed by atoms with van der Waals surface area (Å²) in [6.45, 7) is 0.315. The summed E-state index contributed by atoms with van der Waals surface area (Å²) in [5, 5.41) is 14.3. The van der Waals surface area contributed by atoms with Gasteiger partial charge >= 0.3 is 12.0 Å². The molecule has 0 spiro atoms. The molecule has 8 heteroatoms. The van der Waals surface area contributed by atoms with Gasteiger partial charge in [0.05, 0.1) is 17.4 Å². The van der Waals surface area contributed by atoms with Gasteiger partial charge in [-0.25, -0.2) is 13.2 Å². The van der Waals surface area contributed by atoms with Crippen LogP contribution in [0.5, 0.6) is 0 Å². The second kappa shape index (κ2) is 5.99. The van der Waals surface area contributed by atoms with Crippen LogP contribution in [0.2, 0.25) is 0 Å². The molecule has 2 rings (SSSR count). The van der Waals surface area contributed by atoms with Crippen LogP contribution in [0.3, 0.4) is 0 Å². The SMILES string of the molecule is O=C(NCC1CCS(=O)(=O)C1)NC1CCCC1C(=O)O. The Morgan fingerprint density at radius 3 is 2.55 bits per heavy atom. The van der Waals surface area contributed by atoms with Crippen molar-refractivity contribution in [2.24, 2.45) is 11.8 Å². The van der Waals surface area contributed by atoms with E-state index in [9.17, 15) is 18.0 Å². The molecule has 0 aromatic rings. The molecule has 1 aliphatic carbocycles. The van der Waals surface area contributed by atoms with Gasteiger partial charge in [0.15, 0.2) is 9.84 Å². The Bertz CT molecular complexity index is 490. The molecule has 0 bridgehead atoms. The normalized spacial score (nSPS) is 31.9. The van der Waals surface area contributed by atoms with E-state index in [0.717, 1.165) is 6.42 Å². The van der Waals surface area contributed by atoms with Crippen LogP contribution in [0.15, 0.2) is 0 Å². The van der Waals surface area contributed by atoms with Gasteiger partial charge < -0.3 is 15.7 Å². The Balaban J connectivity index is 1.74. The number of urea groups is 1. The zero-order valence-corrected chi connectivity index (χ0v) is 12.0. The van der Waals surface area contributed by atoms with Crippen molar-refractivity contribution in [2.45, 2.75) is 31.7 Å². The van der Waals surface area contributed by atoms with Crippen molar-refractivity contribution in [3.05, 3.63) is 0 Å². The van der Waals surface area contributed by atoms with Gasteiger partial charge in [0.25, 0.3) is 0 Å². The van der Waals surface area contributed by atoms with Gasteiger partial charge in [0.1, 0.15) is 0 Å². The van der Waals surface area contributed by atoms with Crippen LogP contribution in [-0.2, 0) is 14.6 Å². The lowest BCUT2D eigenvalue weighted by atomic mass is 10.0. The summed E-state index contributed by atoms with van der Waals surface area (Å²) in [5.41, 5.74) is 0. The number of hydrogen-bond acceptors (Lipinski definition) is 4. The van der Waals surface area contributed by atoms with Crippen molar-refractivity contribution >= 4 is 21.8 Å². The predicted molar refractivity (Wildman–Crippen MR) is 72.1 cm³/mol. The topological polar surface area (TPSA) is 113 Å². The summed E-state index contributed by atoms with van der Waals surface area (Å²) in [5.74, 6) is -1.13. The third-order valence-electron chi connectivity index (χ3n) is 4.03. The van der Waals surface area contributed by atoms with E-state index in [4.69, 9.17) is 5.11 Å². The zero-order valence-electron chi connectivity index (χ0n) is 11.2. The fourth-order valence-corrected chi connectivity index (χ4v) is 4.78. The largest absolute Gasteiger partial charge is 0.481 e. The first-order valence-electron chi connectivity index (χ1n) is 6.85.